The molecule has 2 N–H and O–H groups in total. The highest BCUT2D eigenvalue weighted by Gasteiger charge is 2.23. The van der Waals surface area contributed by atoms with Crippen LogP contribution in [0.15, 0.2) is 53.4 Å². The Kier molecular flexibility index (Phi) is 7.74. The lowest BCUT2D eigenvalue weighted by Gasteiger charge is -2.18. The van der Waals surface area contributed by atoms with Crippen LogP contribution in [0.3, 0.4) is 0 Å². The lowest BCUT2D eigenvalue weighted by atomic mass is 10.1. The molecule has 0 bridgehead atoms. The third-order valence-electron chi connectivity index (χ3n) is 4.12. The average Bonchev–Trinajstić information content (AvgIpc) is 2.72. The van der Waals surface area contributed by atoms with Gasteiger partial charge in [-0.25, -0.2) is 8.42 Å². The fourth-order valence-corrected chi connectivity index (χ4v) is 3.66. The van der Waals surface area contributed by atoms with Gasteiger partial charge in [-0.15, -0.1) is 0 Å². The molecule has 29 heavy (non-hydrogen) atoms. The van der Waals surface area contributed by atoms with E-state index in [0.29, 0.717) is 23.5 Å². The topological polar surface area (TPSA) is 105 Å². The minimum atomic E-state index is -3.85. The number of benzene rings is 2. The van der Waals surface area contributed by atoms with Crippen LogP contribution in [0, 0.1) is 0 Å². The van der Waals surface area contributed by atoms with Crippen LogP contribution in [-0.4, -0.2) is 51.8 Å². The molecule has 0 unspecified atom stereocenters. The van der Waals surface area contributed by atoms with E-state index in [1.165, 1.54) is 38.4 Å². The molecule has 0 radical (unpaired) electrons. The number of carbonyl (C=O) groups is 2. The first-order valence-corrected chi connectivity index (χ1v) is 10.5. The van der Waals surface area contributed by atoms with Crippen molar-refractivity contribution in [2.24, 2.45) is 0 Å². The number of amides is 2. The van der Waals surface area contributed by atoms with Gasteiger partial charge in [-0.3, -0.25) is 9.59 Å². The number of anilines is 1. The zero-order valence-corrected chi connectivity index (χ0v) is 17.5. The van der Waals surface area contributed by atoms with Crippen molar-refractivity contribution in [2.45, 2.75) is 18.2 Å². The average molecular weight is 420 g/mol. The summed E-state index contributed by atoms with van der Waals surface area (Å²) in [5.74, 6) is -0.329. The van der Waals surface area contributed by atoms with Gasteiger partial charge in [-0.05, 0) is 42.8 Å². The van der Waals surface area contributed by atoms with Crippen LogP contribution in [0.4, 0.5) is 5.69 Å². The van der Waals surface area contributed by atoms with E-state index in [0.717, 1.165) is 10.7 Å². The molecule has 2 aromatic carbocycles. The summed E-state index contributed by atoms with van der Waals surface area (Å²) in [5.41, 5.74) is 0.635. The second kappa shape index (κ2) is 10.0. The van der Waals surface area contributed by atoms with Crippen molar-refractivity contribution in [1.29, 1.82) is 0 Å². The number of sulfonamides is 1. The van der Waals surface area contributed by atoms with E-state index in [2.05, 4.69) is 10.6 Å². The summed E-state index contributed by atoms with van der Waals surface area (Å²) >= 11 is 0. The highest BCUT2D eigenvalue weighted by molar-refractivity contribution is 7.89. The summed E-state index contributed by atoms with van der Waals surface area (Å²) in [6.07, 6.45) is 0.786. The van der Waals surface area contributed by atoms with E-state index in [1.54, 1.807) is 24.3 Å². The van der Waals surface area contributed by atoms with Crippen LogP contribution in [-0.2, 0) is 14.8 Å². The number of ether oxygens (including phenoxy) is 1. The van der Waals surface area contributed by atoms with Crippen molar-refractivity contribution in [3.05, 3.63) is 54.1 Å². The van der Waals surface area contributed by atoms with E-state index in [1.807, 2.05) is 6.92 Å². The molecule has 0 saturated heterocycles. The first-order chi connectivity index (χ1) is 13.8. The monoisotopic (exact) mass is 419 g/mol. The first kappa shape index (κ1) is 22.4. The molecule has 2 aromatic rings. The van der Waals surface area contributed by atoms with Gasteiger partial charge in [0.25, 0.3) is 5.91 Å². The number of methoxy groups -OCH3 is 1. The molecule has 0 saturated carbocycles. The lowest BCUT2D eigenvalue weighted by Crippen LogP contribution is -2.35. The summed E-state index contributed by atoms with van der Waals surface area (Å²) in [6.45, 7) is 2.05. The van der Waals surface area contributed by atoms with Crippen LogP contribution in [0.1, 0.15) is 23.7 Å². The normalized spacial score (nSPS) is 11.2. The largest absolute Gasteiger partial charge is 0.497 e. The molecule has 2 amide bonds. The third kappa shape index (κ3) is 5.78. The predicted molar refractivity (Wildman–Crippen MR) is 111 cm³/mol. The molecule has 9 heteroatoms. The molecular weight excluding hydrogens is 394 g/mol. The van der Waals surface area contributed by atoms with Gasteiger partial charge in [0, 0.05) is 13.6 Å². The number of nitrogens with zero attached hydrogens (tertiary/aromatic N) is 1. The van der Waals surface area contributed by atoms with E-state index >= 15 is 0 Å². The van der Waals surface area contributed by atoms with Gasteiger partial charge in [0.15, 0.2) is 0 Å². The SMILES string of the molecule is CCCNC(=O)c1ccccc1NC(=O)CN(C)S(=O)(=O)c1ccc(OC)cc1. The second-order valence-electron chi connectivity index (χ2n) is 6.29. The Morgan fingerprint density at radius 1 is 1.07 bits per heavy atom. The fraction of sp³-hybridized carbons (Fsp3) is 0.300. The number of hydrogen-bond acceptors (Lipinski definition) is 5. The Morgan fingerprint density at radius 3 is 2.34 bits per heavy atom. The van der Waals surface area contributed by atoms with Crippen LogP contribution in [0.2, 0.25) is 0 Å². The summed E-state index contributed by atoms with van der Waals surface area (Å²) < 4.78 is 31.3. The van der Waals surface area contributed by atoms with Gasteiger partial charge < -0.3 is 15.4 Å². The molecule has 0 spiro atoms. The molecule has 0 fully saturated rings. The number of hydrogen-bond donors (Lipinski definition) is 2. The second-order valence-corrected chi connectivity index (χ2v) is 8.33. The quantitative estimate of drug-likeness (QED) is 0.648. The molecule has 8 nitrogen and oxygen atoms in total. The molecule has 0 aliphatic rings. The lowest BCUT2D eigenvalue weighted by molar-refractivity contribution is -0.116. The molecule has 0 heterocycles. The number of nitrogens with one attached hydrogen (secondary N) is 2. The molecule has 0 aromatic heterocycles. The highest BCUT2D eigenvalue weighted by Crippen LogP contribution is 2.19. The van der Waals surface area contributed by atoms with Crippen molar-refractivity contribution in [3.63, 3.8) is 0 Å². The summed E-state index contributed by atoms with van der Waals surface area (Å²) in [4.78, 5) is 24.7. The smallest absolute Gasteiger partial charge is 0.253 e. The van der Waals surface area contributed by atoms with Crippen molar-refractivity contribution >= 4 is 27.5 Å². The molecule has 156 valence electrons. The predicted octanol–water partition coefficient (Wildman–Crippen LogP) is 2.09. The van der Waals surface area contributed by atoms with Crippen LogP contribution in [0.5, 0.6) is 5.75 Å². The van der Waals surface area contributed by atoms with Crippen molar-refractivity contribution in [1.82, 2.24) is 9.62 Å². The Morgan fingerprint density at radius 2 is 1.72 bits per heavy atom. The van der Waals surface area contributed by atoms with Crippen LogP contribution < -0.4 is 15.4 Å². The minimum Gasteiger partial charge on any atom is -0.497 e. The van der Waals surface area contributed by atoms with E-state index in [9.17, 15) is 18.0 Å². The Balaban J connectivity index is 2.09. The van der Waals surface area contributed by atoms with Gasteiger partial charge in [0.05, 0.1) is 29.8 Å². The molecule has 0 atom stereocenters. The van der Waals surface area contributed by atoms with Gasteiger partial charge >= 0.3 is 0 Å². The van der Waals surface area contributed by atoms with Gasteiger partial charge in [0.1, 0.15) is 5.75 Å². The van der Waals surface area contributed by atoms with Crippen LogP contribution >= 0.6 is 0 Å². The third-order valence-corrected chi connectivity index (χ3v) is 5.93. The fourth-order valence-electron chi connectivity index (χ4n) is 2.53. The molecule has 0 aliphatic carbocycles. The maximum absolute atomic E-state index is 12.7. The van der Waals surface area contributed by atoms with Crippen molar-refractivity contribution in [2.75, 3.05) is 32.6 Å². The summed E-state index contributed by atoms with van der Waals surface area (Å²) in [7, 11) is -1.05. The number of rotatable bonds is 9. The molecule has 2 rings (SSSR count). The van der Waals surface area contributed by atoms with Gasteiger partial charge in [-0.2, -0.15) is 4.31 Å². The van der Waals surface area contributed by atoms with Crippen molar-refractivity contribution in [3.8, 4) is 5.75 Å². The van der Waals surface area contributed by atoms with E-state index in [-0.39, 0.29) is 10.8 Å². The first-order valence-electron chi connectivity index (χ1n) is 9.07. The van der Waals surface area contributed by atoms with Gasteiger partial charge in [-0.1, -0.05) is 19.1 Å². The minimum absolute atomic E-state index is 0.0490. The standard InChI is InChI=1S/C20H25N3O5S/c1-4-13-21-20(25)17-7-5-6-8-18(17)22-19(24)14-23(2)29(26,27)16-11-9-15(28-3)10-12-16/h5-12H,4,13-14H2,1-3H3,(H,21,25)(H,22,24). The Hall–Kier alpha value is -2.91. The van der Waals surface area contributed by atoms with Gasteiger partial charge in [0.2, 0.25) is 15.9 Å². The van der Waals surface area contributed by atoms with E-state index < -0.39 is 22.5 Å². The zero-order valence-electron chi connectivity index (χ0n) is 16.6. The summed E-state index contributed by atoms with van der Waals surface area (Å²) in [6, 6.07) is 12.5. The van der Waals surface area contributed by atoms with Crippen LogP contribution in [0.25, 0.3) is 0 Å². The Bertz CT molecular complexity index is 958. The number of carbonyl (C=O) groups excluding carboxylic acids is 2. The maximum atomic E-state index is 12.7. The Labute approximate surface area is 170 Å². The molecular formula is C20H25N3O5S. The highest BCUT2D eigenvalue weighted by atomic mass is 32.2. The number of likely N-dealkylation sites (N-methyl/N-ethyl adjacent to an activating group) is 1. The zero-order chi connectivity index (χ0) is 21.4. The maximum Gasteiger partial charge on any atom is 0.253 e. The van der Waals surface area contributed by atoms with Crippen molar-refractivity contribution < 1.29 is 22.7 Å². The van der Waals surface area contributed by atoms with E-state index in [4.69, 9.17) is 4.74 Å². The molecule has 0 aliphatic heterocycles. The number of para-hydroxylation sites is 1. The summed E-state index contributed by atoms with van der Waals surface area (Å²) in [5, 5.41) is 5.37.